The molecule has 1 N–H and O–H groups in total. The Morgan fingerprint density at radius 1 is 1.43 bits per heavy atom. The number of hydrogen-bond acceptors (Lipinski definition) is 4. The van der Waals surface area contributed by atoms with Gasteiger partial charge in [-0.25, -0.2) is 12.8 Å². The van der Waals surface area contributed by atoms with E-state index in [1.807, 2.05) is 13.8 Å². The number of ether oxygens (including phenoxy) is 1. The van der Waals surface area contributed by atoms with Crippen LogP contribution in [0.15, 0.2) is 23.1 Å². The average molecular weight is 338 g/mol. The van der Waals surface area contributed by atoms with Gasteiger partial charge in [-0.2, -0.15) is 4.72 Å². The number of carbonyl (C=O) groups excluding carboxylic acids is 1. The number of rotatable bonds is 6. The lowest BCUT2D eigenvalue weighted by atomic mass is 10.1. The molecule has 0 fully saturated rings. The average Bonchev–Trinajstić information content (AvgIpc) is 2.39. The van der Waals surface area contributed by atoms with Gasteiger partial charge in [0.05, 0.1) is 17.0 Å². The SMILES string of the molecule is COC(=O)[C@@H](CC(C)C)NS(=O)(=O)c1ccc(F)c(Cl)c1. The second-order valence-corrected chi connectivity index (χ2v) is 7.02. The van der Waals surface area contributed by atoms with Crippen LogP contribution in [-0.2, 0) is 19.6 Å². The van der Waals surface area contributed by atoms with Crippen molar-refractivity contribution in [2.24, 2.45) is 5.92 Å². The molecule has 5 nitrogen and oxygen atoms in total. The molecule has 0 aliphatic heterocycles. The molecule has 1 aromatic rings. The van der Waals surface area contributed by atoms with Crippen LogP contribution in [-0.4, -0.2) is 27.5 Å². The first kappa shape index (κ1) is 17.9. The Morgan fingerprint density at radius 3 is 2.52 bits per heavy atom. The predicted octanol–water partition coefficient (Wildman–Crippen LogP) is 2.35. The fourth-order valence-electron chi connectivity index (χ4n) is 1.71. The van der Waals surface area contributed by atoms with Crippen LogP contribution in [0.1, 0.15) is 20.3 Å². The summed E-state index contributed by atoms with van der Waals surface area (Å²) in [6.07, 6.45) is 0.279. The number of hydrogen-bond donors (Lipinski definition) is 1. The van der Waals surface area contributed by atoms with Gasteiger partial charge in [0.25, 0.3) is 0 Å². The summed E-state index contributed by atoms with van der Waals surface area (Å²) < 4.78 is 44.3. The molecule has 0 radical (unpaired) electrons. The molecular weight excluding hydrogens is 321 g/mol. The fraction of sp³-hybridized carbons (Fsp3) is 0.462. The van der Waals surface area contributed by atoms with E-state index in [9.17, 15) is 17.6 Å². The number of sulfonamides is 1. The van der Waals surface area contributed by atoms with E-state index in [1.54, 1.807) is 0 Å². The van der Waals surface area contributed by atoms with Crippen LogP contribution in [0.2, 0.25) is 5.02 Å². The van der Waals surface area contributed by atoms with Crippen LogP contribution in [0, 0.1) is 11.7 Å². The molecule has 8 heteroatoms. The van der Waals surface area contributed by atoms with Crippen LogP contribution in [0.5, 0.6) is 0 Å². The van der Waals surface area contributed by atoms with E-state index in [4.69, 9.17) is 11.6 Å². The third-order valence-corrected chi connectivity index (χ3v) is 4.45. The van der Waals surface area contributed by atoms with Crippen LogP contribution in [0.25, 0.3) is 0 Å². The second-order valence-electron chi connectivity index (χ2n) is 4.90. The molecule has 0 spiro atoms. The van der Waals surface area contributed by atoms with E-state index < -0.39 is 27.9 Å². The number of nitrogens with one attached hydrogen (secondary N) is 1. The zero-order chi connectivity index (χ0) is 16.2. The molecule has 0 heterocycles. The van der Waals surface area contributed by atoms with Crippen LogP contribution >= 0.6 is 11.6 Å². The van der Waals surface area contributed by atoms with Crippen molar-refractivity contribution in [1.29, 1.82) is 0 Å². The summed E-state index contributed by atoms with van der Waals surface area (Å²) in [6.45, 7) is 3.69. The van der Waals surface area contributed by atoms with Gasteiger partial charge in [-0.15, -0.1) is 0 Å². The molecule has 21 heavy (non-hydrogen) atoms. The highest BCUT2D eigenvalue weighted by molar-refractivity contribution is 7.89. The van der Waals surface area contributed by atoms with E-state index >= 15 is 0 Å². The largest absolute Gasteiger partial charge is 0.468 e. The van der Waals surface area contributed by atoms with Gasteiger partial charge in [-0.05, 0) is 30.5 Å². The predicted molar refractivity (Wildman–Crippen MR) is 77.0 cm³/mol. The smallest absolute Gasteiger partial charge is 0.323 e. The summed E-state index contributed by atoms with van der Waals surface area (Å²) in [6, 6.07) is 2.01. The Morgan fingerprint density at radius 2 is 2.05 bits per heavy atom. The van der Waals surface area contributed by atoms with Gasteiger partial charge in [0, 0.05) is 0 Å². The van der Waals surface area contributed by atoms with Gasteiger partial charge in [0.2, 0.25) is 10.0 Å². The van der Waals surface area contributed by atoms with Crippen molar-refractivity contribution in [1.82, 2.24) is 4.72 Å². The van der Waals surface area contributed by atoms with E-state index in [0.29, 0.717) is 0 Å². The molecule has 0 amide bonds. The van der Waals surface area contributed by atoms with Crippen molar-refractivity contribution in [3.05, 3.63) is 29.0 Å². The minimum absolute atomic E-state index is 0.0774. The lowest BCUT2D eigenvalue weighted by Crippen LogP contribution is -2.42. The highest BCUT2D eigenvalue weighted by Crippen LogP contribution is 2.20. The maximum absolute atomic E-state index is 13.1. The van der Waals surface area contributed by atoms with E-state index in [-0.39, 0.29) is 22.3 Å². The van der Waals surface area contributed by atoms with Gasteiger partial charge < -0.3 is 4.74 Å². The Balaban J connectivity index is 3.05. The van der Waals surface area contributed by atoms with Crippen molar-refractivity contribution >= 4 is 27.6 Å². The molecule has 1 atom stereocenters. The van der Waals surface area contributed by atoms with Gasteiger partial charge in [0.15, 0.2) is 0 Å². The zero-order valence-corrected chi connectivity index (χ0v) is 13.5. The molecule has 0 bridgehead atoms. The van der Waals surface area contributed by atoms with E-state index in [2.05, 4.69) is 9.46 Å². The minimum atomic E-state index is -4.00. The van der Waals surface area contributed by atoms with Crippen molar-refractivity contribution in [3.63, 3.8) is 0 Å². The molecule has 0 aromatic heterocycles. The molecule has 0 aliphatic carbocycles. The standard InChI is InChI=1S/C13H17ClFNO4S/c1-8(2)6-12(13(17)20-3)16-21(18,19)9-4-5-11(15)10(14)7-9/h4-5,7-8,12,16H,6H2,1-3H3/t12-/m1/s1. The first-order valence-corrected chi connectivity index (χ1v) is 8.08. The molecule has 0 saturated carbocycles. The molecule has 118 valence electrons. The summed E-state index contributed by atoms with van der Waals surface area (Å²) in [5.41, 5.74) is 0. The van der Waals surface area contributed by atoms with Crippen molar-refractivity contribution < 1.29 is 22.3 Å². The number of halogens is 2. The monoisotopic (exact) mass is 337 g/mol. The Kier molecular flexibility index (Phi) is 6.12. The van der Waals surface area contributed by atoms with Crippen molar-refractivity contribution in [2.45, 2.75) is 31.2 Å². The third kappa shape index (κ3) is 4.94. The molecule has 1 rings (SSSR count). The quantitative estimate of drug-likeness (QED) is 0.809. The van der Waals surface area contributed by atoms with Gasteiger partial charge in [0.1, 0.15) is 11.9 Å². The lowest BCUT2D eigenvalue weighted by Gasteiger charge is -2.18. The summed E-state index contributed by atoms with van der Waals surface area (Å²) >= 11 is 5.57. The maximum atomic E-state index is 13.1. The fourth-order valence-corrected chi connectivity index (χ4v) is 3.17. The second kappa shape index (κ2) is 7.20. The summed E-state index contributed by atoms with van der Waals surface area (Å²) in [7, 11) is -2.82. The first-order valence-electron chi connectivity index (χ1n) is 6.22. The van der Waals surface area contributed by atoms with Crippen molar-refractivity contribution in [2.75, 3.05) is 7.11 Å². The lowest BCUT2D eigenvalue weighted by molar-refractivity contribution is -0.143. The number of carbonyl (C=O) groups is 1. The van der Waals surface area contributed by atoms with Gasteiger partial charge >= 0.3 is 5.97 Å². The van der Waals surface area contributed by atoms with E-state index in [0.717, 1.165) is 18.2 Å². The molecule has 0 unspecified atom stereocenters. The summed E-state index contributed by atoms with van der Waals surface area (Å²) in [5, 5.41) is -0.309. The van der Waals surface area contributed by atoms with Crippen LogP contribution < -0.4 is 4.72 Å². The Bertz CT molecular complexity index is 619. The first-order chi connectivity index (χ1) is 9.67. The minimum Gasteiger partial charge on any atom is -0.468 e. The topological polar surface area (TPSA) is 72.5 Å². The number of methoxy groups -OCH3 is 1. The van der Waals surface area contributed by atoms with Crippen LogP contribution in [0.3, 0.4) is 0 Å². The highest BCUT2D eigenvalue weighted by atomic mass is 35.5. The Labute approximate surface area is 128 Å². The number of benzene rings is 1. The maximum Gasteiger partial charge on any atom is 0.323 e. The third-order valence-electron chi connectivity index (χ3n) is 2.69. The normalized spacial score (nSPS) is 13.2. The Hall–Kier alpha value is -1.18. The molecular formula is C13H17ClFNO4S. The molecule has 0 saturated heterocycles. The van der Waals surface area contributed by atoms with Gasteiger partial charge in [-0.1, -0.05) is 25.4 Å². The van der Waals surface area contributed by atoms with Crippen LogP contribution in [0.4, 0.5) is 4.39 Å². The summed E-state index contributed by atoms with van der Waals surface area (Å²) in [5.74, 6) is -1.32. The summed E-state index contributed by atoms with van der Waals surface area (Å²) in [4.78, 5) is 11.4. The number of esters is 1. The highest BCUT2D eigenvalue weighted by Gasteiger charge is 2.27. The van der Waals surface area contributed by atoms with Crippen molar-refractivity contribution in [3.8, 4) is 0 Å². The van der Waals surface area contributed by atoms with E-state index in [1.165, 1.54) is 7.11 Å². The molecule has 0 aliphatic rings. The molecule has 1 aromatic carbocycles. The van der Waals surface area contributed by atoms with Gasteiger partial charge in [-0.3, -0.25) is 4.79 Å². The zero-order valence-electron chi connectivity index (χ0n) is 11.9.